The zero-order chi connectivity index (χ0) is 34.7. The smallest absolute Gasteiger partial charge is 0.407 e. The molecule has 11 atom stereocenters. The van der Waals surface area contributed by atoms with Crippen LogP contribution in [0.25, 0.3) is 0 Å². The fourth-order valence-corrected chi connectivity index (χ4v) is 8.14. The van der Waals surface area contributed by atoms with E-state index in [9.17, 15) is 44.7 Å². The predicted octanol–water partition coefficient (Wildman–Crippen LogP) is 0.290. The van der Waals surface area contributed by atoms with Crippen LogP contribution in [-0.4, -0.2) is 116 Å². The van der Waals surface area contributed by atoms with Crippen molar-refractivity contribution in [2.75, 3.05) is 13.2 Å². The molecule has 4 rings (SSSR count). The maximum absolute atomic E-state index is 14.3. The molecule has 4 aliphatic rings. The van der Waals surface area contributed by atoms with Crippen molar-refractivity contribution in [1.29, 1.82) is 0 Å². The van der Waals surface area contributed by atoms with E-state index in [1.54, 1.807) is 34.6 Å². The number of amides is 1. The summed E-state index contributed by atoms with van der Waals surface area (Å²) < 4.78 is 22.1. The van der Waals surface area contributed by atoms with Gasteiger partial charge in [-0.05, 0) is 37.3 Å². The number of hydrogen-bond acceptors (Lipinski definition) is 13. The number of nitrogens with one attached hydrogen (secondary N) is 1. The number of carbonyl (C=O) groups is 4. The summed E-state index contributed by atoms with van der Waals surface area (Å²) >= 11 is 0. The molecule has 6 N–H and O–H groups in total. The topological polar surface area (TPSA) is 218 Å². The Labute approximate surface area is 352 Å². The van der Waals surface area contributed by atoms with Crippen LogP contribution in [-0.2, 0) is 33.3 Å². The van der Waals surface area contributed by atoms with E-state index >= 15 is 0 Å². The number of rotatable bonds is 8. The average Bonchev–Trinajstić information content (AvgIpc) is 2.96. The molecule has 48 heavy (non-hydrogen) atoms. The third-order valence-corrected chi connectivity index (χ3v) is 10.9. The predicted molar refractivity (Wildman–Crippen MR) is 159 cm³/mol. The van der Waals surface area contributed by atoms with Gasteiger partial charge >= 0.3 is 18.0 Å². The van der Waals surface area contributed by atoms with E-state index in [0.717, 1.165) is 6.92 Å². The van der Waals surface area contributed by atoms with E-state index in [-0.39, 0.29) is 119 Å². The maximum Gasteiger partial charge on any atom is 0.407 e. The molecule has 16 heteroatoms. The van der Waals surface area contributed by atoms with Gasteiger partial charge in [0, 0.05) is 119 Å². The Bertz CT molecular complexity index is 1290. The van der Waals surface area contributed by atoms with Gasteiger partial charge in [-0.1, -0.05) is 34.6 Å². The Morgan fingerprint density at radius 3 is 2.19 bits per heavy atom. The Hall–Kier alpha value is 0.263. The second kappa shape index (κ2) is 16.1. The van der Waals surface area contributed by atoms with Crippen molar-refractivity contribution in [3.8, 4) is 0 Å². The fraction of sp³-hybridized carbons (Fsp3) is 0.812. The van der Waals surface area contributed by atoms with Crippen LogP contribution in [0.4, 0.5) is 4.79 Å². The van der Waals surface area contributed by atoms with Gasteiger partial charge in [0.25, 0.3) is 0 Å². The minimum Gasteiger partial charge on any atom is -0.459 e. The number of alkyl carbamates (subject to hydrolysis) is 1. The molecule has 2 saturated carbocycles. The number of ether oxygens (including phenoxy) is 4. The van der Waals surface area contributed by atoms with E-state index in [1.165, 1.54) is 13.8 Å². The summed E-state index contributed by atoms with van der Waals surface area (Å²) in [5.41, 5.74) is -7.24. The number of fused-ring (bicyclic) bond motifs is 5. The summed E-state index contributed by atoms with van der Waals surface area (Å²) in [4.78, 5) is 52.6. The van der Waals surface area contributed by atoms with Crippen molar-refractivity contribution in [1.82, 2.24) is 5.32 Å². The van der Waals surface area contributed by atoms with E-state index < -0.39 is 107 Å². The number of esters is 2. The quantitative estimate of drug-likeness (QED) is 0.110. The Balaban J connectivity index is 0.00000400. The molecule has 2 radical (unpaired) electrons. The minimum absolute atomic E-state index is 0. The van der Waals surface area contributed by atoms with Crippen LogP contribution in [0.15, 0.2) is 11.1 Å². The Morgan fingerprint density at radius 2 is 1.69 bits per heavy atom. The van der Waals surface area contributed by atoms with Crippen LogP contribution in [0.1, 0.15) is 74.7 Å². The molecule has 3 fully saturated rings. The standard InChI is InChI=1S/C32H49NO13.2Ac/c1-9-10-43-28(40)33-21(14(2)3)23(37)27(39)46-17-12-32(42)26(45-16(5)34)24-30(8,18(35)11-19-31(24,41)13-44-19)25(38)22(36)20(15(17)4)29(32,6)7;;/h14,17-19,21-24,26,35-37,41-42H,9-13H2,1-8H3,(H,33,40);;/t17-,18-,19+,21-,22+,23+,24-,26-,30+,31-,32+;;/m0../s1. The maximum atomic E-state index is 14.3. The van der Waals surface area contributed by atoms with Crippen LogP contribution in [0, 0.1) is 111 Å². The molecule has 1 amide bonds. The summed E-state index contributed by atoms with van der Waals surface area (Å²) in [5, 5.41) is 61.3. The SMILES string of the molecule is CCCOC(=O)N[C@@H](C(C)C)[C@@H](O)C(=O)O[C@H]1C[C@@]2(O)[C@@H](OC(C)=O)[C@@H]3[C@]4(O)CO[C@@H]4C[C@H](O)[C@@]3(C)C(=O)[C@H](O)C(=C1C)C2(C)C.[Ac].[Ac]. The summed E-state index contributed by atoms with van der Waals surface area (Å²) in [5.74, 6) is -4.76. The molecule has 0 spiro atoms. The van der Waals surface area contributed by atoms with E-state index in [0.29, 0.717) is 6.42 Å². The number of ketones is 1. The van der Waals surface area contributed by atoms with E-state index in [4.69, 9.17) is 18.9 Å². The molecule has 3 aliphatic carbocycles. The largest absolute Gasteiger partial charge is 0.459 e. The molecule has 1 aliphatic heterocycles. The molecule has 0 aromatic rings. The van der Waals surface area contributed by atoms with Crippen molar-refractivity contribution in [3.05, 3.63) is 11.1 Å². The molecule has 1 saturated heterocycles. The first-order valence-corrected chi connectivity index (χ1v) is 15.9. The molecule has 266 valence electrons. The van der Waals surface area contributed by atoms with Crippen molar-refractivity contribution >= 4 is 23.8 Å². The van der Waals surface area contributed by atoms with E-state index in [2.05, 4.69) is 5.32 Å². The normalized spacial score (nSPS) is 37.8. The van der Waals surface area contributed by atoms with Gasteiger partial charge in [0.1, 0.15) is 29.5 Å². The van der Waals surface area contributed by atoms with Crippen LogP contribution >= 0.6 is 0 Å². The van der Waals surface area contributed by atoms with Gasteiger partial charge in [0.05, 0.1) is 36.9 Å². The number of hydrogen-bond donors (Lipinski definition) is 6. The first-order chi connectivity index (χ1) is 21.2. The van der Waals surface area contributed by atoms with Crippen molar-refractivity contribution in [3.63, 3.8) is 0 Å². The number of aliphatic hydroxyl groups excluding tert-OH is 3. The second-order valence-corrected chi connectivity index (χ2v) is 14.4. The van der Waals surface area contributed by atoms with Gasteiger partial charge in [-0.2, -0.15) is 0 Å². The van der Waals surface area contributed by atoms with Gasteiger partial charge < -0.3 is 49.8 Å². The van der Waals surface area contributed by atoms with E-state index in [1.807, 2.05) is 0 Å². The third-order valence-electron chi connectivity index (χ3n) is 10.9. The first kappa shape index (κ1) is 44.4. The van der Waals surface area contributed by atoms with Gasteiger partial charge in [-0.15, -0.1) is 0 Å². The molecular formula is C32H49Ac2NO13. The third kappa shape index (κ3) is 7.26. The fourth-order valence-electron chi connectivity index (χ4n) is 8.14. The summed E-state index contributed by atoms with van der Waals surface area (Å²) in [7, 11) is 0. The molecular weight excluding hydrogens is 1060 g/mol. The minimum atomic E-state index is -2.20. The number of Topliss-reactive ketones (excluding diaryl/α,β-unsaturated/α-hetero) is 1. The summed E-state index contributed by atoms with van der Waals surface area (Å²) in [6.45, 7) is 12.1. The summed E-state index contributed by atoms with van der Waals surface area (Å²) in [6, 6.07) is -1.12. The second-order valence-electron chi connectivity index (χ2n) is 14.4. The Morgan fingerprint density at radius 1 is 1.08 bits per heavy atom. The van der Waals surface area contributed by atoms with Crippen LogP contribution < -0.4 is 5.32 Å². The van der Waals surface area contributed by atoms with Gasteiger partial charge in [-0.3, -0.25) is 9.59 Å². The van der Waals surface area contributed by atoms with Crippen LogP contribution in [0.3, 0.4) is 0 Å². The van der Waals surface area contributed by atoms with Crippen LogP contribution in [0.5, 0.6) is 0 Å². The van der Waals surface area contributed by atoms with Gasteiger partial charge in [0.2, 0.25) is 0 Å². The first-order valence-electron chi connectivity index (χ1n) is 15.9. The van der Waals surface area contributed by atoms with Crippen molar-refractivity contribution in [2.45, 2.75) is 129 Å². The zero-order valence-electron chi connectivity index (χ0n) is 28.9. The Kier molecular flexibility index (Phi) is 14.9. The van der Waals surface area contributed by atoms with Crippen molar-refractivity contribution < 1.29 is 152 Å². The number of aliphatic hydroxyl groups is 5. The zero-order valence-corrected chi connectivity index (χ0v) is 38.4. The molecule has 0 aromatic carbocycles. The number of carbonyl (C=O) groups excluding carboxylic acids is 4. The van der Waals surface area contributed by atoms with Gasteiger partial charge in [-0.25, -0.2) is 9.59 Å². The van der Waals surface area contributed by atoms with Gasteiger partial charge in [0.15, 0.2) is 11.9 Å². The monoisotopic (exact) mass is 1110 g/mol. The molecule has 2 bridgehead atoms. The summed E-state index contributed by atoms with van der Waals surface area (Å²) in [6.07, 6.45) is -10.0. The molecule has 0 unspecified atom stereocenters. The molecule has 0 aromatic heterocycles. The average molecular weight is 1110 g/mol. The molecule has 1 heterocycles. The molecule has 14 nitrogen and oxygen atoms in total. The van der Waals surface area contributed by atoms with Crippen LogP contribution in [0.2, 0.25) is 0 Å². The van der Waals surface area contributed by atoms with Crippen molar-refractivity contribution in [2.24, 2.45) is 22.7 Å².